The van der Waals surface area contributed by atoms with Gasteiger partial charge in [-0.3, -0.25) is 9.69 Å². The Kier molecular flexibility index (Phi) is 6.18. The first-order valence-electron chi connectivity index (χ1n) is 9.24. The highest BCUT2D eigenvalue weighted by Crippen LogP contribution is 2.22. The number of nitrogens with zero attached hydrogens (tertiary/aromatic N) is 5. The molecule has 3 heterocycles. The van der Waals surface area contributed by atoms with Crippen LogP contribution < -0.4 is 5.32 Å². The van der Waals surface area contributed by atoms with Crippen molar-refractivity contribution in [1.29, 1.82) is 0 Å². The molecule has 1 amide bonds. The summed E-state index contributed by atoms with van der Waals surface area (Å²) in [6, 6.07) is 4.25. The van der Waals surface area contributed by atoms with E-state index in [2.05, 4.69) is 56.0 Å². The van der Waals surface area contributed by atoms with Crippen molar-refractivity contribution in [3.8, 4) is 0 Å². The maximum Gasteiger partial charge on any atom is 0.252 e. The number of amides is 1. The number of aromatic nitrogens is 4. The van der Waals surface area contributed by atoms with Gasteiger partial charge in [0.05, 0.1) is 12.5 Å². The maximum absolute atomic E-state index is 12.5. The van der Waals surface area contributed by atoms with Crippen molar-refractivity contribution in [2.24, 2.45) is 0 Å². The number of hydrogen-bond acceptors (Lipinski definition) is 6. The third-order valence-electron chi connectivity index (χ3n) is 4.65. The van der Waals surface area contributed by atoms with Gasteiger partial charge in [-0.15, -0.1) is 5.10 Å². The van der Waals surface area contributed by atoms with Crippen LogP contribution in [0.5, 0.6) is 0 Å². The minimum Gasteiger partial charge on any atom is -0.354 e. The van der Waals surface area contributed by atoms with Crippen LogP contribution >= 0.6 is 11.3 Å². The Labute approximate surface area is 163 Å². The lowest BCUT2D eigenvalue weighted by atomic mass is 10.1. The minimum atomic E-state index is -0.0762. The second-order valence-electron chi connectivity index (χ2n) is 6.55. The molecule has 3 rings (SSSR count). The molecule has 0 aromatic carbocycles. The molecular formula is C19H26N6OS. The molecular weight excluding hydrogens is 360 g/mol. The van der Waals surface area contributed by atoms with E-state index in [0.717, 1.165) is 24.5 Å². The van der Waals surface area contributed by atoms with E-state index >= 15 is 0 Å². The molecule has 27 heavy (non-hydrogen) atoms. The van der Waals surface area contributed by atoms with Crippen molar-refractivity contribution in [3.05, 3.63) is 45.7 Å². The van der Waals surface area contributed by atoms with Crippen molar-refractivity contribution < 1.29 is 4.79 Å². The van der Waals surface area contributed by atoms with Gasteiger partial charge in [0.25, 0.3) is 5.78 Å². The lowest BCUT2D eigenvalue weighted by molar-refractivity contribution is -0.120. The van der Waals surface area contributed by atoms with E-state index in [4.69, 9.17) is 0 Å². The molecule has 1 N–H and O–H groups in total. The fourth-order valence-electron chi connectivity index (χ4n) is 3.29. The fraction of sp³-hybridized carbons (Fsp3) is 0.474. The highest BCUT2D eigenvalue weighted by molar-refractivity contribution is 7.07. The van der Waals surface area contributed by atoms with E-state index in [1.165, 1.54) is 5.56 Å². The second kappa shape index (κ2) is 8.58. The number of aryl methyl sites for hydroxylation is 2. The van der Waals surface area contributed by atoms with Gasteiger partial charge in [0.15, 0.2) is 5.82 Å². The molecule has 0 radical (unpaired) electrons. The molecule has 0 bridgehead atoms. The standard InChI is InChI=1S/C19H26N6OS/c1-5-24(6-2)16(15-7-8-27-12-15)11-20-18(26)10-17-22-19-21-13(3)9-14(4)25(19)23-17/h7-9,12,16H,5-6,10-11H2,1-4H3,(H,20,26). The Morgan fingerprint density at radius 1 is 1.30 bits per heavy atom. The predicted molar refractivity (Wildman–Crippen MR) is 107 cm³/mol. The van der Waals surface area contributed by atoms with E-state index in [-0.39, 0.29) is 18.4 Å². The molecule has 1 atom stereocenters. The van der Waals surface area contributed by atoms with E-state index in [9.17, 15) is 4.79 Å². The predicted octanol–water partition coefficient (Wildman–Crippen LogP) is 2.54. The zero-order valence-electron chi connectivity index (χ0n) is 16.3. The fourth-order valence-corrected chi connectivity index (χ4v) is 3.99. The van der Waals surface area contributed by atoms with Gasteiger partial charge in [0.1, 0.15) is 0 Å². The van der Waals surface area contributed by atoms with Crippen molar-refractivity contribution in [2.45, 2.75) is 40.2 Å². The average Bonchev–Trinajstić information content (AvgIpc) is 3.28. The van der Waals surface area contributed by atoms with E-state index < -0.39 is 0 Å². The topological polar surface area (TPSA) is 75.4 Å². The largest absolute Gasteiger partial charge is 0.354 e. The molecule has 0 aliphatic rings. The third-order valence-corrected chi connectivity index (χ3v) is 5.36. The molecule has 7 nitrogen and oxygen atoms in total. The zero-order chi connectivity index (χ0) is 19.4. The molecule has 0 saturated heterocycles. The number of likely N-dealkylation sites (N-methyl/N-ethyl adjacent to an activating group) is 1. The molecule has 0 aliphatic heterocycles. The average molecular weight is 387 g/mol. The van der Waals surface area contributed by atoms with Gasteiger partial charge in [-0.2, -0.15) is 16.3 Å². The van der Waals surface area contributed by atoms with Gasteiger partial charge in [0.2, 0.25) is 5.91 Å². The van der Waals surface area contributed by atoms with Crippen molar-refractivity contribution in [1.82, 2.24) is 29.8 Å². The first kappa shape index (κ1) is 19.4. The number of carbonyl (C=O) groups is 1. The monoisotopic (exact) mass is 386 g/mol. The number of fused-ring (bicyclic) bond motifs is 1. The lowest BCUT2D eigenvalue weighted by Gasteiger charge is -2.29. The summed E-state index contributed by atoms with van der Waals surface area (Å²) in [6.45, 7) is 10.6. The highest BCUT2D eigenvalue weighted by Gasteiger charge is 2.20. The van der Waals surface area contributed by atoms with Gasteiger partial charge in [-0.05, 0) is 55.4 Å². The van der Waals surface area contributed by atoms with Crippen molar-refractivity contribution in [3.63, 3.8) is 0 Å². The Morgan fingerprint density at radius 2 is 2.07 bits per heavy atom. The number of carbonyl (C=O) groups excluding carboxylic acids is 1. The summed E-state index contributed by atoms with van der Waals surface area (Å²) in [5.41, 5.74) is 3.09. The van der Waals surface area contributed by atoms with Gasteiger partial charge >= 0.3 is 0 Å². The number of rotatable bonds is 8. The second-order valence-corrected chi connectivity index (χ2v) is 7.33. The zero-order valence-corrected chi connectivity index (χ0v) is 17.1. The molecule has 0 spiro atoms. The summed E-state index contributed by atoms with van der Waals surface area (Å²) in [5.74, 6) is 0.950. The number of nitrogens with one attached hydrogen (secondary N) is 1. The van der Waals surface area contributed by atoms with Gasteiger partial charge in [-0.25, -0.2) is 9.50 Å². The van der Waals surface area contributed by atoms with Crippen molar-refractivity contribution >= 4 is 23.0 Å². The van der Waals surface area contributed by atoms with Crippen LogP contribution in [0.1, 0.15) is 42.7 Å². The molecule has 144 valence electrons. The van der Waals surface area contributed by atoms with Crippen LogP contribution in [0.25, 0.3) is 5.78 Å². The minimum absolute atomic E-state index is 0.0762. The summed E-state index contributed by atoms with van der Waals surface area (Å²) in [7, 11) is 0. The van der Waals surface area contributed by atoms with Crippen LogP contribution in [0.2, 0.25) is 0 Å². The van der Waals surface area contributed by atoms with Crippen LogP contribution in [0.3, 0.4) is 0 Å². The molecule has 0 aliphatic carbocycles. The van der Waals surface area contributed by atoms with Gasteiger partial charge in [0, 0.05) is 17.9 Å². The van der Waals surface area contributed by atoms with Crippen LogP contribution in [-0.2, 0) is 11.2 Å². The van der Waals surface area contributed by atoms with Crippen molar-refractivity contribution in [2.75, 3.05) is 19.6 Å². The molecule has 8 heteroatoms. The summed E-state index contributed by atoms with van der Waals surface area (Å²) in [4.78, 5) is 23.6. The quantitative estimate of drug-likeness (QED) is 0.644. The first-order chi connectivity index (χ1) is 13.0. The summed E-state index contributed by atoms with van der Waals surface area (Å²) < 4.78 is 1.68. The Bertz CT molecular complexity index is 900. The van der Waals surface area contributed by atoms with Crippen LogP contribution in [-0.4, -0.2) is 50.0 Å². The first-order valence-corrected chi connectivity index (χ1v) is 10.2. The van der Waals surface area contributed by atoms with Gasteiger partial charge < -0.3 is 5.32 Å². The van der Waals surface area contributed by atoms with Crippen LogP contribution in [0.4, 0.5) is 0 Å². The van der Waals surface area contributed by atoms with Gasteiger partial charge in [-0.1, -0.05) is 13.8 Å². The molecule has 0 saturated carbocycles. The van der Waals surface area contributed by atoms with Crippen LogP contribution in [0, 0.1) is 13.8 Å². The highest BCUT2D eigenvalue weighted by atomic mass is 32.1. The Hall–Kier alpha value is -2.32. The lowest BCUT2D eigenvalue weighted by Crippen LogP contribution is -2.38. The summed E-state index contributed by atoms with van der Waals surface area (Å²) >= 11 is 1.68. The summed E-state index contributed by atoms with van der Waals surface area (Å²) in [6.07, 6.45) is 0.149. The Morgan fingerprint density at radius 3 is 2.74 bits per heavy atom. The van der Waals surface area contributed by atoms with E-state index in [1.807, 2.05) is 19.9 Å². The normalized spacial score (nSPS) is 12.6. The molecule has 3 aromatic rings. The molecule has 1 unspecified atom stereocenters. The number of hydrogen-bond donors (Lipinski definition) is 1. The molecule has 3 aromatic heterocycles. The Balaban J connectivity index is 1.67. The van der Waals surface area contributed by atoms with E-state index in [0.29, 0.717) is 18.1 Å². The van der Waals surface area contributed by atoms with E-state index in [1.54, 1.807) is 15.9 Å². The van der Waals surface area contributed by atoms with Crippen LogP contribution in [0.15, 0.2) is 22.9 Å². The summed E-state index contributed by atoms with van der Waals surface area (Å²) in [5, 5.41) is 11.7. The maximum atomic E-state index is 12.5. The smallest absolute Gasteiger partial charge is 0.252 e. The number of thiophene rings is 1. The SMILES string of the molecule is CCN(CC)C(CNC(=O)Cc1nc2nc(C)cc(C)n2n1)c1ccsc1. The third kappa shape index (κ3) is 4.51. The molecule has 0 fully saturated rings.